The number of rotatable bonds is 5. The Labute approximate surface area is 106 Å². The minimum absolute atomic E-state index is 0.256. The highest BCUT2D eigenvalue weighted by Crippen LogP contribution is 2.13. The van der Waals surface area contributed by atoms with Gasteiger partial charge in [-0.25, -0.2) is 4.57 Å². The molecule has 0 fully saturated rings. The predicted molar refractivity (Wildman–Crippen MR) is 69.0 cm³/mol. The van der Waals surface area contributed by atoms with Gasteiger partial charge in [0.05, 0.1) is 0 Å². The number of pyridine rings is 1. The van der Waals surface area contributed by atoms with Gasteiger partial charge in [-0.3, -0.25) is 0 Å². The monoisotopic (exact) mass is 245 g/mol. The van der Waals surface area contributed by atoms with Gasteiger partial charge in [-0.05, 0) is 24.3 Å². The third-order valence-electron chi connectivity index (χ3n) is 2.52. The van der Waals surface area contributed by atoms with E-state index in [-0.39, 0.29) is 6.61 Å². The summed E-state index contributed by atoms with van der Waals surface area (Å²) in [7, 11) is 0. The molecule has 0 bridgehead atoms. The first-order chi connectivity index (χ1) is 8.74. The fourth-order valence-electron chi connectivity index (χ4n) is 1.61. The molecule has 2 aromatic rings. The Bertz CT molecular complexity index is 471. The summed E-state index contributed by atoms with van der Waals surface area (Å²) in [4.78, 5) is 0. The fourth-order valence-corrected chi connectivity index (χ4v) is 1.61. The largest absolute Gasteiger partial charge is 0.491 e. The maximum absolute atomic E-state index is 9.85. The SMILES string of the molecule is Nc1ccc(OC[C@@H](O)C[n+]2ccccc2)cc1. The van der Waals surface area contributed by atoms with E-state index in [1.807, 2.05) is 35.2 Å². The van der Waals surface area contributed by atoms with Crippen LogP contribution in [0.5, 0.6) is 5.75 Å². The second-order valence-corrected chi connectivity index (χ2v) is 4.11. The number of aliphatic hydroxyl groups is 1. The van der Waals surface area contributed by atoms with Crippen LogP contribution in [0.2, 0.25) is 0 Å². The summed E-state index contributed by atoms with van der Waals surface area (Å²) in [5.41, 5.74) is 6.27. The summed E-state index contributed by atoms with van der Waals surface area (Å²) in [6.07, 6.45) is 3.27. The van der Waals surface area contributed by atoms with Crippen LogP contribution in [0.3, 0.4) is 0 Å². The van der Waals surface area contributed by atoms with Gasteiger partial charge < -0.3 is 15.6 Å². The van der Waals surface area contributed by atoms with Crippen molar-refractivity contribution in [2.24, 2.45) is 0 Å². The average Bonchev–Trinajstić information content (AvgIpc) is 2.39. The van der Waals surface area contributed by atoms with Crippen molar-refractivity contribution in [2.75, 3.05) is 12.3 Å². The molecule has 0 aliphatic heterocycles. The van der Waals surface area contributed by atoms with E-state index in [1.54, 1.807) is 24.3 Å². The van der Waals surface area contributed by atoms with Crippen molar-refractivity contribution in [1.29, 1.82) is 0 Å². The second kappa shape index (κ2) is 6.02. The Morgan fingerprint density at radius 3 is 2.44 bits per heavy atom. The molecule has 0 aliphatic rings. The lowest BCUT2D eigenvalue weighted by atomic mass is 10.3. The zero-order chi connectivity index (χ0) is 12.8. The van der Waals surface area contributed by atoms with E-state index in [9.17, 15) is 5.11 Å². The van der Waals surface area contributed by atoms with Crippen LogP contribution in [0.4, 0.5) is 5.69 Å². The van der Waals surface area contributed by atoms with Crippen molar-refractivity contribution in [3.63, 3.8) is 0 Å². The number of nitrogens with two attached hydrogens (primary N) is 1. The molecule has 0 aliphatic carbocycles. The van der Waals surface area contributed by atoms with Crippen molar-refractivity contribution in [3.8, 4) is 5.75 Å². The van der Waals surface area contributed by atoms with Gasteiger partial charge >= 0.3 is 0 Å². The fraction of sp³-hybridized carbons (Fsp3) is 0.214. The van der Waals surface area contributed by atoms with E-state index < -0.39 is 6.10 Å². The van der Waals surface area contributed by atoms with E-state index in [0.717, 1.165) is 0 Å². The van der Waals surface area contributed by atoms with Gasteiger partial charge in [0, 0.05) is 17.8 Å². The molecule has 94 valence electrons. The number of hydrogen-bond donors (Lipinski definition) is 2. The van der Waals surface area contributed by atoms with Crippen molar-refractivity contribution in [2.45, 2.75) is 12.6 Å². The Morgan fingerprint density at radius 2 is 1.78 bits per heavy atom. The summed E-state index contributed by atoms with van der Waals surface area (Å²) in [6.45, 7) is 0.766. The molecule has 1 aromatic heterocycles. The molecule has 0 saturated heterocycles. The van der Waals surface area contributed by atoms with Crippen LogP contribution < -0.4 is 15.0 Å². The Balaban J connectivity index is 1.81. The maximum atomic E-state index is 9.85. The van der Waals surface area contributed by atoms with Gasteiger partial charge in [0.2, 0.25) is 0 Å². The van der Waals surface area contributed by atoms with Crippen LogP contribution in [0.15, 0.2) is 54.9 Å². The molecule has 0 saturated carbocycles. The van der Waals surface area contributed by atoms with Crippen LogP contribution in [0.1, 0.15) is 0 Å². The van der Waals surface area contributed by atoms with Crippen LogP contribution >= 0.6 is 0 Å². The Kier molecular flexibility index (Phi) is 4.15. The van der Waals surface area contributed by atoms with Gasteiger partial charge in [-0.15, -0.1) is 0 Å². The standard InChI is InChI=1S/C14H17N2O2/c15-12-4-6-14(7-5-12)18-11-13(17)10-16-8-2-1-3-9-16/h1-9,13,17H,10-11,15H2/q+1/t13-/m0/s1. The zero-order valence-electron chi connectivity index (χ0n) is 10.1. The number of hydrogen-bond acceptors (Lipinski definition) is 3. The van der Waals surface area contributed by atoms with Crippen molar-refractivity contribution < 1.29 is 14.4 Å². The number of aliphatic hydroxyl groups excluding tert-OH is 1. The Hall–Kier alpha value is -2.07. The minimum atomic E-state index is -0.546. The molecule has 0 amide bonds. The van der Waals surface area contributed by atoms with E-state index in [0.29, 0.717) is 18.0 Å². The molecule has 18 heavy (non-hydrogen) atoms. The first kappa shape index (κ1) is 12.4. The second-order valence-electron chi connectivity index (χ2n) is 4.11. The van der Waals surface area contributed by atoms with E-state index in [2.05, 4.69) is 0 Å². The normalized spacial score (nSPS) is 12.1. The first-order valence-corrected chi connectivity index (χ1v) is 5.84. The maximum Gasteiger partial charge on any atom is 0.177 e. The third kappa shape index (κ3) is 3.75. The third-order valence-corrected chi connectivity index (χ3v) is 2.52. The zero-order valence-corrected chi connectivity index (χ0v) is 10.1. The molecule has 0 radical (unpaired) electrons. The average molecular weight is 245 g/mol. The van der Waals surface area contributed by atoms with Gasteiger partial charge in [0.1, 0.15) is 18.5 Å². The topological polar surface area (TPSA) is 59.4 Å². The summed E-state index contributed by atoms with van der Waals surface area (Å²) in [5.74, 6) is 0.710. The van der Waals surface area contributed by atoms with Crippen molar-refractivity contribution in [1.82, 2.24) is 0 Å². The van der Waals surface area contributed by atoms with Crippen molar-refractivity contribution in [3.05, 3.63) is 54.9 Å². The van der Waals surface area contributed by atoms with Crippen LogP contribution in [-0.4, -0.2) is 17.8 Å². The molecule has 1 heterocycles. The molecule has 4 heteroatoms. The molecule has 1 aromatic carbocycles. The molecular weight excluding hydrogens is 228 g/mol. The van der Waals surface area contributed by atoms with Gasteiger partial charge in [0.15, 0.2) is 18.9 Å². The number of nitrogens with zero attached hydrogens (tertiary/aromatic N) is 1. The lowest BCUT2D eigenvalue weighted by molar-refractivity contribution is -0.703. The lowest BCUT2D eigenvalue weighted by Crippen LogP contribution is -2.41. The lowest BCUT2D eigenvalue weighted by Gasteiger charge is -2.10. The van der Waals surface area contributed by atoms with Crippen LogP contribution in [0, 0.1) is 0 Å². The quantitative estimate of drug-likeness (QED) is 0.610. The molecule has 2 rings (SSSR count). The Morgan fingerprint density at radius 1 is 1.11 bits per heavy atom. The summed E-state index contributed by atoms with van der Waals surface area (Å²) < 4.78 is 7.39. The highest BCUT2D eigenvalue weighted by atomic mass is 16.5. The smallest absolute Gasteiger partial charge is 0.177 e. The minimum Gasteiger partial charge on any atom is -0.491 e. The molecular formula is C14H17N2O2+. The van der Waals surface area contributed by atoms with Crippen molar-refractivity contribution >= 4 is 5.69 Å². The molecule has 4 nitrogen and oxygen atoms in total. The number of ether oxygens (including phenoxy) is 1. The highest BCUT2D eigenvalue weighted by molar-refractivity contribution is 5.41. The molecule has 0 unspecified atom stereocenters. The van der Waals surface area contributed by atoms with Gasteiger partial charge in [-0.2, -0.15) is 0 Å². The summed E-state index contributed by atoms with van der Waals surface area (Å²) in [6, 6.07) is 12.9. The van der Waals surface area contributed by atoms with E-state index in [4.69, 9.17) is 10.5 Å². The molecule has 3 N–H and O–H groups in total. The van der Waals surface area contributed by atoms with Crippen LogP contribution in [0.25, 0.3) is 0 Å². The number of nitrogen functional groups attached to an aromatic ring is 1. The van der Waals surface area contributed by atoms with E-state index >= 15 is 0 Å². The van der Waals surface area contributed by atoms with E-state index in [1.165, 1.54) is 0 Å². The molecule has 1 atom stereocenters. The highest BCUT2D eigenvalue weighted by Gasteiger charge is 2.11. The predicted octanol–water partition coefficient (Wildman–Crippen LogP) is 0.996. The van der Waals surface area contributed by atoms with Gasteiger partial charge in [0.25, 0.3) is 0 Å². The first-order valence-electron chi connectivity index (χ1n) is 5.84. The summed E-state index contributed by atoms with van der Waals surface area (Å²) in [5, 5.41) is 9.85. The molecule has 0 spiro atoms. The van der Waals surface area contributed by atoms with Crippen LogP contribution in [-0.2, 0) is 6.54 Å². The summed E-state index contributed by atoms with van der Waals surface area (Å²) >= 11 is 0. The number of anilines is 1. The number of aromatic nitrogens is 1. The van der Waals surface area contributed by atoms with Gasteiger partial charge in [-0.1, -0.05) is 6.07 Å². The number of benzene rings is 1.